The van der Waals surface area contributed by atoms with Gasteiger partial charge >= 0.3 is 0 Å². The highest BCUT2D eigenvalue weighted by Crippen LogP contribution is 2.41. The van der Waals surface area contributed by atoms with E-state index in [4.69, 9.17) is 16.6 Å². The number of H-pyrrole nitrogens is 1. The number of hydrogen-bond acceptors (Lipinski definition) is 4. The van der Waals surface area contributed by atoms with Crippen LogP contribution in [0.4, 0.5) is 5.69 Å². The fraction of sp³-hybridized carbons (Fsp3) is 0.379. The van der Waals surface area contributed by atoms with E-state index in [2.05, 4.69) is 91.7 Å². The molecule has 2 aromatic heterocycles. The van der Waals surface area contributed by atoms with Crippen LogP contribution in [0, 0.1) is 15.9 Å². The Balaban J connectivity index is 1.26. The van der Waals surface area contributed by atoms with Gasteiger partial charge in [-0.15, -0.1) is 0 Å². The number of nitrogens with one attached hydrogen (secondary N) is 1. The molecule has 6 rings (SSSR count). The molecule has 0 amide bonds. The van der Waals surface area contributed by atoms with E-state index in [0.717, 1.165) is 45.6 Å². The number of rotatable bonds is 4. The second kappa shape index (κ2) is 9.95. The highest BCUT2D eigenvalue weighted by molar-refractivity contribution is 14.1. The number of aryl methyl sites for hydroxylation is 1. The Bertz CT molecular complexity index is 1360. The van der Waals surface area contributed by atoms with Crippen LogP contribution >= 0.6 is 34.2 Å². The van der Waals surface area contributed by atoms with Crippen molar-refractivity contribution in [2.75, 3.05) is 31.1 Å². The van der Waals surface area contributed by atoms with E-state index in [9.17, 15) is 0 Å². The number of aromatic amines is 1. The number of hydrogen-bond donors (Lipinski definition) is 1. The maximum Gasteiger partial charge on any atom is 0.142 e. The maximum atomic E-state index is 6.44. The Hall–Kier alpha value is -2.16. The molecule has 36 heavy (non-hydrogen) atoms. The molecule has 2 aliphatic rings. The number of anilines is 1. The van der Waals surface area contributed by atoms with Gasteiger partial charge in [-0.2, -0.15) is 0 Å². The zero-order valence-electron chi connectivity index (χ0n) is 20.6. The van der Waals surface area contributed by atoms with Crippen molar-refractivity contribution >= 4 is 50.9 Å². The molecular weight excluding hydrogens is 581 g/mol. The highest BCUT2D eigenvalue weighted by Gasteiger charge is 2.39. The maximum absolute atomic E-state index is 6.44. The first-order valence-corrected chi connectivity index (χ1v) is 14.3. The van der Waals surface area contributed by atoms with Gasteiger partial charge in [0.1, 0.15) is 11.0 Å². The van der Waals surface area contributed by atoms with Gasteiger partial charge in [-0.05, 0) is 91.1 Å². The van der Waals surface area contributed by atoms with E-state index in [0.29, 0.717) is 10.6 Å². The van der Waals surface area contributed by atoms with E-state index in [1.807, 2.05) is 6.07 Å². The van der Waals surface area contributed by atoms with Crippen LogP contribution in [-0.4, -0.2) is 46.0 Å². The summed E-state index contributed by atoms with van der Waals surface area (Å²) in [6.07, 6.45) is 6.91. The number of imidazole rings is 1. The number of halogens is 2. The summed E-state index contributed by atoms with van der Waals surface area (Å²) in [5.74, 6) is 0.784. The summed E-state index contributed by atoms with van der Waals surface area (Å²) >= 11 is 8.74. The van der Waals surface area contributed by atoms with Crippen LogP contribution < -0.4 is 4.90 Å². The van der Waals surface area contributed by atoms with Gasteiger partial charge < -0.3 is 9.88 Å². The average Bonchev–Trinajstić information content (AvgIpc) is 3.29. The summed E-state index contributed by atoms with van der Waals surface area (Å²) in [6, 6.07) is 17.5. The number of fused-ring (bicyclic) bond motifs is 1. The van der Waals surface area contributed by atoms with Crippen molar-refractivity contribution < 1.29 is 0 Å². The molecule has 7 heteroatoms. The number of piperidine rings is 2. The Morgan fingerprint density at radius 3 is 2.67 bits per heavy atom. The monoisotopic (exact) mass is 611 g/mol. The lowest BCUT2D eigenvalue weighted by atomic mass is 9.73. The first kappa shape index (κ1) is 24.2. The summed E-state index contributed by atoms with van der Waals surface area (Å²) in [6.45, 7) is 7.84. The molecule has 2 aromatic carbocycles. The molecule has 0 radical (unpaired) electrons. The lowest BCUT2D eigenvalue weighted by molar-refractivity contribution is 0.0685. The Morgan fingerprint density at radius 2 is 1.86 bits per heavy atom. The van der Waals surface area contributed by atoms with E-state index in [1.54, 1.807) is 6.20 Å². The smallest absolute Gasteiger partial charge is 0.142 e. The first-order chi connectivity index (χ1) is 17.5. The molecule has 4 aromatic rings. The molecule has 5 nitrogen and oxygen atoms in total. The van der Waals surface area contributed by atoms with Crippen LogP contribution in [0.15, 0.2) is 54.7 Å². The molecular formula is C29H31ClIN5. The largest absolute Gasteiger partial charge is 0.371 e. The van der Waals surface area contributed by atoms with Gasteiger partial charge in [0.15, 0.2) is 0 Å². The highest BCUT2D eigenvalue weighted by atomic mass is 127. The Labute approximate surface area is 231 Å². The molecule has 1 atom stereocenters. The molecule has 2 fully saturated rings. The Morgan fingerprint density at radius 1 is 1.06 bits per heavy atom. The topological polar surface area (TPSA) is 48.0 Å². The van der Waals surface area contributed by atoms with Gasteiger partial charge in [0.05, 0.1) is 16.6 Å². The number of benzene rings is 2. The van der Waals surface area contributed by atoms with E-state index < -0.39 is 0 Å². The number of likely N-dealkylation sites (tertiary alicyclic amines) is 1. The third-order valence-corrected chi connectivity index (χ3v) is 9.05. The van der Waals surface area contributed by atoms with Gasteiger partial charge in [-0.25, -0.2) is 9.97 Å². The van der Waals surface area contributed by atoms with Gasteiger partial charge in [-0.1, -0.05) is 41.9 Å². The fourth-order valence-corrected chi connectivity index (χ4v) is 7.32. The standard InChI is InChI=1S/C29H31ClIN5/c1-20-15-22(16-24-26(20)34-28(33-24)25-23(31)9-12-32-27(25)30)36-14-6-11-29(19-36)10-5-13-35(18-29)17-21-7-3-2-4-8-21/h2-4,7-9,12,15-16H,5-6,10-11,13-14,17-19H2,1H3,(H,33,34). The van der Waals surface area contributed by atoms with Crippen LogP contribution in [0.1, 0.15) is 36.8 Å². The molecule has 1 unspecified atom stereocenters. The van der Waals surface area contributed by atoms with Crippen LogP contribution in [-0.2, 0) is 6.54 Å². The molecule has 0 bridgehead atoms. The first-order valence-electron chi connectivity index (χ1n) is 12.8. The lowest BCUT2D eigenvalue weighted by Crippen LogP contribution is -2.52. The molecule has 4 heterocycles. The van der Waals surface area contributed by atoms with Gasteiger partial charge in [0.25, 0.3) is 0 Å². The summed E-state index contributed by atoms with van der Waals surface area (Å²) in [5.41, 5.74) is 7.20. The average molecular weight is 612 g/mol. The van der Waals surface area contributed by atoms with E-state index in [-0.39, 0.29) is 0 Å². The molecule has 2 saturated heterocycles. The van der Waals surface area contributed by atoms with Gasteiger partial charge in [-0.3, -0.25) is 4.90 Å². The van der Waals surface area contributed by atoms with Gasteiger partial charge in [0, 0.05) is 47.0 Å². The van der Waals surface area contributed by atoms with Crippen molar-refractivity contribution in [3.05, 3.63) is 74.6 Å². The minimum atomic E-state index is 0.368. The van der Waals surface area contributed by atoms with Gasteiger partial charge in [0.2, 0.25) is 0 Å². The summed E-state index contributed by atoms with van der Waals surface area (Å²) in [4.78, 5) is 18.0. The third-order valence-electron chi connectivity index (χ3n) is 7.87. The SMILES string of the molecule is Cc1cc(N2CCCC3(CCCN(Cc4ccccc4)C3)C2)cc2[nH]c(-c3c(I)ccnc3Cl)nc12. The number of nitrogens with zero attached hydrogens (tertiary/aromatic N) is 4. The predicted octanol–water partition coefficient (Wildman–Crippen LogP) is 7.07. The normalized spacial score (nSPS) is 20.9. The number of pyridine rings is 1. The second-order valence-electron chi connectivity index (χ2n) is 10.5. The fourth-order valence-electron chi connectivity index (χ4n) is 6.25. The van der Waals surface area contributed by atoms with E-state index >= 15 is 0 Å². The Kier molecular flexibility index (Phi) is 6.69. The van der Waals surface area contributed by atoms with Crippen molar-refractivity contribution in [1.82, 2.24) is 19.9 Å². The van der Waals surface area contributed by atoms with Crippen molar-refractivity contribution in [3.63, 3.8) is 0 Å². The van der Waals surface area contributed by atoms with E-state index in [1.165, 1.54) is 55.6 Å². The molecule has 186 valence electrons. The van der Waals surface area contributed by atoms with Crippen molar-refractivity contribution in [3.8, 4) is 11.4 Å². The molecule has 0 aliphatic carbocycles. The molecule has 0 saturated carbocycles. The van der Waals surface area contributed by atoms with Crippen molar-refractivity contribution in [2.24, 2.45) is 5.41 Å². The molecule has 1 spiro atoms. The van der Waals surface area contributed by atoms with Crippen LogP contribution in [0.5, 0.6) is 0 Å². The lowest BCUT2D eigenvalue weighted by Gasteiger charge is -2.49. The third kappa shape index (κ3) is 4.75. The number of aromatic nitrogens is 3. The molecule has 1 N–H and O–H groups in total. The quantitative estimate of drug-likeness (QED) is 0.198. The summed E-state index contributed by atoms with van der Waals surface area (Å²) in [7, 11) is 0. The van der Waals surface area contributed by atoms with Crippen molar-refractivity contribution in [1.29, 1.82) is 0 Å². The second-order valence-corrected chi connectivity index (χ2v) is 12.0. The zero-order chi connectivity index (χ0) is 24.7. The molecule has 2 aliphatic heterocycles. The van der Waals surface area contributed by atoms with Crippen molar-refractivity contribution in [2.45, 2.75) is 39.2 Å². The van der Waals surface area contributed by atoms with Crippen LogP contribution in [0.2, 0.25) is 5.15 Å². The minimum absolute atomic E-state index is 0.368. The predicted molar refractivity (Wildman–Crippen MR) is 157 cm³/mol. The minimum Gasteiger partial charge on any atom is -0.371 e. The van der Waals surface area contributed by atoms with Crippen LogP contribution in [0.25, 0.3) is 22.4 Å². The summed E-state index contributed by atoms with van der Waals surface area (Å²) in [5, 5.41) is 0.481. The summed E-state index contributed by atoms with van der Waals surface area (Å²) < 4.78 is 1.04. The zero-order valence-corrected chi connectivity index (χ0v) is 23.5. The van der Waals surface area contributed by atoms with Crippen LogP contribution in [0.3, 0.4) is 0 Å².